The smallest absolute Gasteiger partial charge is 0.437 e. The minimum absolute atomic E-state index is 0.0302. The van der Waals surface area contributed by atoms with E-state index in [2.05, 4.69) is 37.5 Å². The number of alkyl halides is 3. The molecule has 1 aromatic carbocycles. The summed E-state index contributed by atoms with van der Waals surface area (Å²) in [6, 6.07) is 8.72. The van der Waals surface area contributed by atoms with Crippen molar-refractivity contribution in [2.24, 2.45) is 0 Å². The Balaban J connectivity index is 1.56. The van der Waals surface area contributed by atoms with Crippen LogP contribution in [0.5, 0.6) is 5.75 Å². The molecule has 0 radical (unpaired) electrons. The molecule has 8 nitrogen and oxygen atoms in total. The van der Waals surface area contributed by atoms with E-state index in [1.165, 1.54) is 11.6 Å². The van der Waals surface area contributed by atoms with E-state index >= 15 is 0 Å². The third-order valence-electron chi connectivity index (χ3n) is 7.55. The molecule has 11 heteroatoms. The number of benzene rings is 1. The van der Waals surface area contributed by atoms with Crippen LogP contribution in [0.1, 0.15) is 64.4 Å². The monoisotopic (exact) mass is 553 g/mol. The van der Waals surface area contributed by atoms with Crippen LogP contribution in [0.25, 0.3) is 5.69 Å². The molecular weight excluding hydrogens is 523 g/mol. The number of ether oxygens (including phenoxy) is 1. The van der Waals surface area contributed by atoms with Crippen molar-refractivity contribution in [1.29, 1.82) is 0 Å². The number of amides is 2. The zero-order valence-corrected chi connectivity index (χ0v) is 22.5. The highest BCUT2D eigenvalue weighted by atomic mass is 19.4. The topological polar surface area (TPSA) is 80.6 Å². The lowest BCUT2D eigenvalue weighted by Gasteiger charge is -2.37. The van der Waals surface area contributed by atoms with Gasteiger partial charge in [0, 0.05) is 44.2 Å². The van der Waals surface area contributed by atoms with Crippen LogP contribution in [0.3, 0.4) is 0 Å². The number of methoxy groups -OCH3 is 1. The second-order valence-corrected chi connectivity index (χ2v) is 10.2. The summed E-state index contributed by atoms with van der Waals surface area (Å²) in [7, 11) is 1.10. The molecule has 2 aromatic heterocycles. The van der Waals surface area contributed by atoms with Gasteiger partial charge in [0.2, 0.25) is 5.91 Å². The lowest BCUT2D eigenvalue weighted by Crippen LogP contribution is -2.45. The summed E-state index contributed by atoms with van der Waals surface area (Å²) >= 11 is 0. The van der Waals surface area contributed by atoms with Gasteiger partial charge in [-0.05, 0) is 35.8 Å². The molecule has 1 unspecified atom stereocenters. The molecule has 5 rings (SSSR count). The van der Waals surface area contributed by atoms with Crippen molar-refractivity contribution in [1.82, 2.24) is 24.6 Å². The second-order valence-electron chi connectivity index (χ2n) is 10.2. The zero-order valence-electron chi connectivity index (χ0n) is 22.5. The van der Waals surface area contributed by atoms with Gasteiger partial charge < -0.3 is 14.5 Å². The van der Waals surface area contributed by atoms with Crippen LogP contribution in [0, 0.1) is 0 Å². The maximum absolute atomic E-state index is 13.8. The maximum atomic E-state index is 13.8. The minimum atomic E-state index is -4.73. The van der Waals surface area contributed by atoms with Crippen molar-refractivity contribution in [2.75, 3.05) is 26.7 Å². The first-order valence-electron chi connectivity index (χ1n) is 13.1. The quantitative estimate of drug-likeness (QED) is 0.427. The van der Waals surface area contributed by atoms with Gasteiger partial charge in [-0.25, -0.2) is 9.67 Å². The van der Waals surface area contributed by atoms with E-state index in [0.29, 0.717) is 25.3 Å². The average molecular weight is 554 g/mol. The van der Waals surface area contributed by atoms with Crippen LogP contribution < -0.4 is 4.74 Å². The fourth-order valence-electron chi connectivity index (χ4n) is 5.48. The Morgan fingerprint density at radius 2 is 1.88 bits per heavy atom. The number of carbonyl (C=O) groups excluding carboxylic acids is 2. The van der Waals surface area contributed by atoms with Gasteiger partial charge in [-0.1, -0.05) is 32.6 Å². The van der Waals surface area contributed by atoms with Crippen LogP contribution in [0.2, 0.25) is 0 Å². The molecule has 0 spiro atoms. The van der Waals surface area contributed by atoms with Gasteiger partial charge >= 0.3 is 6.18 Å². The molecule has 0 saturated carbocycles. The molecule has 1 atom stereocenters. The highest BCUT2D eigenvalue weighted by molar-refractivity contribution is 5.95. The predicted molar refractivity (Wildman–Crippen MR) is 141 cm³/mol. The van der Waals surface area contributed by atoms with E-state index in [9.17, 15) is 22.8 Å². The SMILES string of the molecule is C=CC(=O)N1CCc2nn(-c3ccc(C(C)C)cc3)c3c2C(C1)N(C(=O)c1cnc(C(F)(F)F)c(OC)c1)CC3. The van der Waals surface area contributed by atoms with E-state index in [4.69, 9.17) is 9.84 Å². The summed E-state index contributed by atoms with van der Waals surface area (Å²) in [5.41, 5.74) is 3.50. The van der Waals surface area contributed by atoms with Gasteiger partial charge in [0.25, 0.3) is 5.91 Å². The summed E-state index contributed by atoms with van der Waals surface area (Å²) in [6.07, 6.45) is -1.59. The largest absolute Gasteiger partial charge is 0.494 e. The molecule has 0 aliphatic carbocycles. The van der Waals surface area contributed by atoms with Gasteiger partial charge in [0.1, 0.15) is 5.75 Å². The van der Waals surface area contributed by atoms with Gasteiger partial charge in [0.05, 0.1) is 35.8 Å². The zero-order chi connectivity index (χ0) is 28.8. The Labute approximate surface area is 230 Å². The third-order valence-corrected chi connectivity index (χ3v) is 7.55. The average Bonchev–Trinajstić information content (AvgIpc) is 3.21. The Morgan fingerprint density at radius 1 is 1.15 bits per heavy atom. The highest BCUT2D eigenvalue weighted by Crippen LogP contribution is 2.39. The molecule has 0 fully saturated rings. The molecule has 3 aromatic rings. The molecule has 2 aliphatic heterocycles. The van der Waals surface area contributed by atoms with Crippen molar-refractivity contribution in [2.45, 2.75) is 44.8 Å². The Kier molecular flexibility index (Phi) is 7.16. The summed E-state index contributed by atoms with van der Waals surface area (Å²) in [5.74, 6) is -0.904. The van der Waals surface area contributed by atoms with Crippen LogP contribution >= 0.6 is 0 Å². The fraction of sp³-hybridized carbons (Fsp3) is 0.379. The van der Waals surface area contributed by atoms with Gasteiger partial charge in [-0.3, -0.25) is 9.59 Å². The van der Waals surface area contributed by atoms with Crippen molar-refractivity contribution in [3.8, 4) is 11.4 Å². The number of pyridine rings is 1. The first-order chi connectivity index (χ1) is 19.0. The van der Waals surface area contributed by atoms with Crippen molar-refractivity contribution in [3.63, 3.8) is 0 Å². The number of hydrogen-bond donors (Lipinski definition) is 0. The van der Waals surface area contributed by atoms with E-state index < -0.39 is 29.6 Å². The fourth-order valence-corrected chi connectivity index (χ4v) is 5.48. The molecule has 4 heterocycles. The summed E-state index contributed by atoms with van der Waals surface area (Å²) in [4.78, 5) is 33.1. The third kappa shape index (κ3) is 4.84. The Hall–Kier alpha value is -4.15. The van der Waals surface area contributed by atoms with Gasteiger partial charge in [-0.2, -0.15) is 18.3 Å². The normalized spacial score (nSPS) is 16.9. The summed E-state index contributed by atoms with van der Waals surface area (Å²) < 4.78 is 46.9. The van der Waals surface area contributed by atoms with Crippen LogP contribution in [-0.4, -0.2) is 63.1 Å². The number of rotatable bonds is 5. The van der Waals surface area contributed by atoms with Crippen LogP contribution in [-0.2, 0) is 23.8 Å². The van der Waals surface area contributed by atoms with Crippen molar-refractivity contribution >= 4 is 11.8 Å². The standard InChI is InChI=1S/C29H30F3N5O3/c1-5-25(38)35-12-10-21-26-22(37(34-21)20-8-6-18(7-9-20)17(2)3)11-13-36(23(26)16-35)28(39)19-14-24(40-4)27(33-15-19)29(30,31)32/h5-9,14-15,17,23H,1,10-13,16H2,2-4H3. The van der Waals surface area contributed by atoms with E-state index in [1.54, 1.807) is 9.80 Å². The second kappa shape index (κ2) is 10.4. The van der Waals surface area contributed by atoms with Crippen LogP contribution in [0.4, 0.5) is 13.2 Å². The van der Waals surface area contributed by atoms with Crippen molar-refractivity contribution < 1.29 is 27.5 Å². The highest BCUT2D eigenvalue weighted by Gasteiger charge is 2.41. The molecule has 0 N–H and O–H groups in total. The van der Waals surface area contributed by atoms with Gasteiger partial charge in [-0.15, -0.1) is 0 Å². The molecule has 2 aliphatic rings. The van der Waals surface area contributed by atoms with E-state index in [0.717, 1.165) is 42.0 Å². The number of halogens is 3. The number of aromatic nitrogens is 3. The number of nitrogens with zero attached hydrogens (tertiary/aromatic N) is 5. The molecule has 2 amide bonds. The summed E-state index contributed by atoms with van der Waals surface area (Å²) in [5, 5.41) is 4.93. The molecule has 210 valence electrons. The number of carbonyl (C=O) groups is 2. The number of hydrogen-bond acceptors (Lipinski definition) is 5. The lowest BCUT2D eigenvalue weighted by molar-refractivity contribution is -0.142. The maximum Gasteiger partial charge on any atom is 0.437 e. The Morgan fingerprint density at radius 3 is 2.50 bits per heavy atom. The van der Waals surface area contributed by atoms with E-state index in [-0.39, 0.29) is 24.6 Å². The van der Waals surface area contributed by atoms with Crippen LogP contribution in [0.15, 0.2) is 49.2 Å². The van der Waals surface area contributed by atoms with Crippen molar-refractivity contribution in [3.05, 3.63) is 83.0 Å². The molecule has 0 saturated heterocycles. The molecule has 0 bridgehead atoms. The van der Waals surface area contributed by atoms with Gasteiger partial charge in [0.15, 0.2) is 5.69 Å². The molecular formula is C29H30F3N5O3. The molecule has 40 heavy (non-hydrogen) atoms. The predicted octanol–water partition coefficient (Wildman–Crippen LogP) is 4.73. The first-order valence-corrected chi connectivity index (χ1v) is 13.1. The lowest BCUT2D eigenvalue weighted by atomic mass is 9.94. The summed E-state index contributed by atoms with van der Waals surface area (Å²) in [6.45, 7) is 8.75. The minimum Gasteiger partial charge on any atom is -0.494 e. The Bertz CT molecular complexity index is 1460. The van der Waals surface area contributed by atoms with E-state index in [1.807, 2.05) is 16.8 Å². The first kappa shape index (κ1) is 27.4.